The van der Waals surface area contributed by atoms with Crippen LogP contribution in [-0.2, 0) is 12.0 Å². The second kappa shape index (κ2) is 3.33. The van der Waals surface area contributed by atoms with Crippen LogP contribution < -0.4 is 5.73 Å². The first kappa shape index (κ1) is 9.61. The van der Waals surface area contributed by atoms with Gasteiger partial charge in [-0.05, 0) is 26.9 Å². The fourth-order valence-electron chi connectivity index (χ4n) is 1.47. The Hall–Kier alpha value is -0.940. The van der Waals surface area contributed by atoms with E-state index in [1.165, 1.54) is 0 Å². The third-order valence-electron chi connectivity index (χ3n) is 2.62. The zero-order chi connectivity index (χ0) is 10.2. The highest BCUT2D eigenvalue weighted by atomic mass is 16.5. The van der Waals surface area contributed by atoms with Crippen LogP contribution in [-0.4, -0.2) is 35.7 Å². The molecule has 14 heavy (non-hydrogen) atoms. The lowest BCUT2D eigenvalue weighted by Gasteiger charge is -2.05. The summed E-state index contributed by atoms with van der Waals surface area (Å²) in [6, 6.07) is 0. The molecule has 0 aromatic carbocycles. The molecule has 1 aromatic heterocycles. The fraction of sp³-hybridized carbons (Fsp3) is 0.778. The largest absolute Gasteiger partial charge is 0.339 e. The molecule has 1 aromatic rings. The quantitative estimate of drug-likeness (QED) is 0.741. The van der Waals surface area contributed by atoms with Gasteiger partial charge < -0.3 is 15.2 Å². The lowest BCUT2D eigenvalue weighted by atomic mass is 10.1. The highest BCUT2D eigenvalue weighted by molar-refractivity contribution is 5.16. The molecule has 0 amide bonds. The van der Waals surface area contributed by atoms with E-state index in [2.05, 4.69) is 10.1 Å². The molecule has 5 heteroatoms. The van der Waals surface area contributed by atoms with Crippen LogP contribution in [0.25, 0.3) is 0 Å². The van der Waals surface area contributed by atoms with Crippen molar-refractivity contribution in [2.45, 2.75) is 24.8 Å². The fourth-order valence-corrected chi connectivity index (χ4v) is 1.47. The minimum absolute atomic E-state index is 0.0115. The molecular formula is C9H16N4O. The van der Waals surface area contributed by atoms with Gasteiger partial charge >= 0.3 is 0 Å². The average Bonchev–Trinajstić information content (AvgIpc) is 2.81. The number of aromatic nitrogens is 2. The van der Waals surface area contributed by atoms with Gasteiger partial charge in [-0.1, -0.05) is 5.16 Å². The highest BCUT2D eigenvalue weighted by Gasteiger charge is 2.48. The summed E-state index contributed by atoms with van der Waals surface area (Å²) in [7, 11) is 3.96. The molecule has 1 saturated carbocycles. The molecule has 0 spiro atoms. The maximum atomic E-state index is 5.67. The predicted octanol–water partition coefficient (Wildman–Crippen LogP) is 0.121. The summed E-state index contributed by atoms with van der Waals surface area (Å²) in [6.07, 6.45) is 2.15. The van der Waals surface area contributed by atoms with Gasteiger partial charge in [0, 0.05) is 6.54 Å². The van der Waals surface area contributed by atoms with Gasteiger partial charge in [-0.2, -0.15) is 4.98 Å². The summed E-state index contributed by atoms with van der Waals surface area (Å²) in [5.74, 6) is 1.46. The van der Waals surface area contributed by atoms with E-state index in [0.717, 1.165) is 24.6 Å². The molecule has 1 fully saturated rings. The molecule has 1 heterocycles. The van der Waals surface area contributed by atoms with Crippen molar-refractivity contribution in [3.05, 3.63) is 11.7 Å². The van der Waals surface area contributed by atoms with Crippen LogP contribution in [0, 0.1) is 0 Å². The molecule has 0 bridgehead atoms. The van der Waals surface area contributed by atoms with Gasteiger partial charge in [-0.3, -0.25) is 0 Å². The first-order valence-corrected chi connectivity index (χ1v) is 4.84. The summed E-state index contributed by atoms with van der Waals surface area (Å²) in [4.78, 5) is 6.37. The third kappa shape index (κ3) is 1.65. The van der Waals surface area contributed by atoms with Crippen molar-refractivity contribution in [1.29, 1.82) is 0 Å². The summed E-state index contributed by atoms with van der Waals surface area (Å²) >= 11 is 0. The second-order valence-corrected chi connectivity index (χ2v) is 4.24. The van der Waals surface area contributed by atoms with Gasteiger partial charge in [0.25, 0.3) is 0 Å². The minimum Gasteiger partial charge on any atom is -0.339 e. The topological polar surface area (TPSA) is 68.2 Å². The molecule has 5 nitrogen and oxygen atoms in total. The van der Waals surface area contributed by atoms with Crippen molar-refractivity contribution in [1.82, 2.24) is 15.0 Å². The van der Waals surface area contributed by atoms with Crippen molar-refractivity contribution in [3.8, 4) is 0 Å². The standard InChI is InChI=1S/C9H16N4O/c1-13(2)5-7-11-8(14-12-7)9(6-10)3-4-9/h3-6,10H2,1-2H3. The molecule has 0 radical (unpaired) electrons. The summed E-state index contributed by atoms with van der Waals surface area (Å²) < 4.78 is 5.22. The van der Waals surface area contributed by atoms with Crippen LogP contribution >= 0.6 is 0 Å². The smallest absolute Gasteiger partial charge is 0.234 e. The monoisotopic (exact) mass is 196 g/mol. The normalized spacial score (nSPS) is 18.9. The molecule has 1 aliphatic rings. The second-order valence-electron chi connectivity index (χ2n) is 4.24. The lowest BCUT2D eigenvalue weighted by Crippen LogP contribution is -2.20. The van der Waals surface area contributed by atoms with Gasteiger partial charge in [-0.25, -0.2) is 0 Å². The first-order valence-electron chi connectivity index (χ1n) is 4.84. The van der Waals surface area contributed by atoms with Gasteiger partial charge in [0.05, 0.1) is 12.0 Å². The molecule has 2 rings (SSSR count). The van der Waals surface area contributed by atoms with Crippen LogP contribution in [0.2, 0.25) is 0 Å². The van der Waals surface area contributed by atoms with Crippen LogP contribution in [0.1, 0.15) is 24.6 Å². The van der Waals surface area contributed by atoms with E-state index in [4.69, 9.17) is 10.3 Å². The van der Waals surface area contributed by atoms with E-state index in [1.54, 1.807) is 0 Å². The van der Waals surface area contributed by atoms with Crippen LogP contribution in [0.4, 0.5) is 0 Å². The molecule has 78 valence electrons. The molecule has 0 aliphatic heterocycles. The maximum absolute atomic E-state index is 5.67. The van der Waals surface area contributed by atoms with Gasteiger partial charge in [0.2, 0.25) is 5.89 Å². The van der Waals surface area contributed by atoms with E-state index < -0.39 is 0 Å². The van der Waals surface area contributed by atoms with Gasteiger partial charge in [-0.15, -0.1) is 0 Å². The SMILES string of the molecule is CN(C)Cc1noc(C2(CN)CC2)n1. The Kier molecular flexibility index (Phi) is 2.28. The van der Waals surface area contributed by atoms with E-state index in [1.807, 2.05) is 19.0 Å². The van der Waals surface area contributed by atoms with Crippen LogP contribution in [0.3, 0.4) is 0 Å². The molecular weight excluding hydrogens is 180 g/mol. The van der Waals surface area contributed by atoms with Crippen molar-refractivity contribution in [2.24, 2.45) is 5.73 Å². The number of hydrogen-bond acceptors (Lipinski definition) is 5. The van der Waals surface area contributed by atoms with E-state index in [0.29, 0.717) is 13.1 Å². The zero-order valence-corrected chi connectivity index (χ0v) is 8.66. The molecule has 0 atom stereocenters. The molecule has 2 N–H and O–H groups in total. The minimum atomic E-state index is 0.0115. The Labute approximate surface area is 83.3 Å². The van der Waals surface area contributed by atoms with Crippen LogP contribution in [0.15, 0.2) is 4.52 Å². The van der Waals surface area contributed by atoms with Gasteiger partial charge in [0.1, 0.15) is 0 Å². The summed E-state index contributed by atoms with van der Waals surface area (Å²) in [6.45, 7) is 1.32. The zero-order valence-electron chi connectivity index (χ0n) is 8.66. The van der Waals surface area contributed by atoms with Crippen molar-refractivity contribution in [3.63, 3.8) is 0 Å². The average molecular weight is 196 g/mol. The molecule has 0 unspecified atom stereocenters. The predicted molar refractivity (Wildman–Crippen MR) is 51.7 cm³/mol. The Morgan fingerprint density at radius 2 is 2.21 bits per heavy atom. The van der Waals surface area contributed by atoms with Crippen molar-refractivity contribution < 1.29 is 4.52 Å². The van der Waals surface area contributed by atoms with Crippen molar-refractivity contribution >= 4 is 0 Å². The van der Waals surface area contributed by atoms with Crippen LogP contribution in [0.5, 0.6) is 0 Å². The van der Waals surface area contributed by atoms with E-state index >= 15 is 0 Å². The number of nitrogens with two attached hydrogens (primary N) is 1. The summed E-state index contributed by atoms with van der Waals surface area (Å²) in [5.41, 5.74) is 5.68. The van der Waals surface area contributed by atoms with Gasteiger partial charge in [0.15, 0.2) is 5.82 Å². The van der Waals surface area contributed by atoms with E-state index in [-0.39, 0.29) is 5.41 Å². The number of rotatable bonds is 4. The Morgan fingerprint density at radius 1 is 1.50 bits per heavy atom. The lowest BCUT2D eigenvalue weighted by molar-refractivity contribution is 0.331. The summed E-state index contributed by atoms with van der Waals surface area (Å²) in [5, 5.41) is 3.93. The molecule has 0 saturated heterocycles. The third-order valence-corrected chi connectivity index (χ3v) is 2.62. The molecule has 1 aliphatic carbocycles. The maximum Gasteiger partial charge on any atom is 0.234 e. The Morgan fingerprint density at radius 3 is 2.71 bits per heavy atom. The number of nitrogens with zero attached hydrogens (tertiary/aromatic N) is 3. The first-order chi connectivity index (χ1) is 6.66. The Balaban J connectivity index is 2.10. The Bertz CT molecular complexity index is 316. The van der Waals surface area contributed by atoms with E-state index in [9.17, 15) is 0 Å². The highest BCUT2D eigenvalue weighted by Crippen LogP contribution is 2.46. The van der Waals surface area contributed by atoms with Crippen molar-refractivity contribution in [2.75, 3.05) is 20.6 Å². The number of hydrogen-bond donors (Lipinski definition) is 1.